The van der Waals surface area contributed by atoms with E-state index in [-0.39, 0.29) is 11.6 Å². The number of hydrogen-bond donors (Lipinski definition) is 3. The van der Waals surface area contributed by atoms with Crippen LogP contribution in [0.4, 0.5) is 0 Å². The molecule has 1 unspecified atom stereocenters. The molecule has 2 aromatic rings. The summed E-state index contributed by atoms with van der Waals surface area (Å²) >= 11 is 0. The highest BCUT2D eigenvalue weighted by Gasteiger charge is 2.26. The van der Waals surface area contributed by atoms with Gasteiger partial charge in [-0.1, -0.05) is 12.1 Å². The van der Waals surface area contributed by atoms with Gasteiger partial charge in [-0.3, -0.25) is 14.3 Å². The van der Waals surface area contributed by atoms with Gasteiger partial charge in [0.25, 0.3) is 5.56 Å². The molecule has 0 aliphatic carbocycles. The Hall–Kier alpha value is -3.03. The van der Waals surface area contributed by atoms with E-state index in [1.165, 1.54) is 7.05 Å². The van der Waals surface area contributed by atoms with Crippen molar-refractivity contribution >= 4 is 5.71 Å². The SMILES string of the molecule is CCOc1ccc(C2CC(c3c(O)n(C)c(=O)[nH]c3=O)=NN2)cc1. The molecule has 0 fully saturated rings. The van der Waals surface area contributed by atoms with Crippen LogP contribution in [0.1, 0.15) is 30.5 Å². The Morgan fingerprint density at radius 3 is 2.71 bits per heavy atom. The third-order valence-corrected chi connectivity index (χ3v) is 3.93. The summed E-state index contributed by atoms with van der Waals surface area (Å²) in [6.07, 6.45) is 0.419. The molecule has 8 heteroatoms. The van der Waals surface area contributed by atoms with E-state index < -0.39 is 17.1 Å². The lowest BCUT2D eigenvalue weighted by atomic mass is 10.00. The zero-order valence-electron chi connectivity index (χ0n) is 13.4. The first-order chi connectivity index (χ1) is 11.5. The van der Waals surface area contributed by atoms with Gasteiger partial charge in [0.1, 0.15) is 11.3 Å². The summed E-state index contributed by atoms with van der Waals surface area (Å²) < 4.78 is 6.39. The van der Waals surface area contributed by atoms with E-state index in [4.69, 9.17) is 4.74 Å². The molecule has 1 aliphatic heterocycles. The van der Waals surface area contributed by atoms with E-state index in [9.17, 15) is 14.7 Å². The number of ether oxygens (including phenoxy) is 1. The van der Waals surface area contributed by atoms with Gasteiger partial charge in [-0.15, -0.1) is 0 Å². The molecule has 0 amide bonds. The molecule has 3 rings (SSSR count). The van der Waals surface area contributed by atoms with Gasteiger partial charge < -0.3 is 15.3 Å². The molecule has 0 bridgehead atoms. The highest BCUT2D eigenvalue weighted by molar-refractivity contribution is 6.03. The topological polar surface area (TPSA) is 109 Å². The Morgan fingerprint density at radius 1 is 1.33 bits per heavy atom. The van der Waals surface area contributed by atoms with Gasteiger partial charge in [0.2, 0.25) is 5.88 Å². The lowest BCUT2D eigenvalue weighted by molar-refractivity contribution is 0.340. The fraction of sp³-hybridized carbons (Fsp3) is 0.312. The molecule has 0 spiro atoms. The molecule has 1 aliphatic rings. The summed E-state index contributed by atoms with van der Waals surface area (Å²) in [5, 5.41) is 14.2. The molecule has 0 saturated heterocycles. The second kappa shape index (κ2) is 6.23. The normalized spacial score (nSPS) is 16.6. The van der Waals surface area contributed by atoms with Crippen molar-refractivity contribution in [1.82, 2.24) is 15.0 Å². The number of aromatic nitrogens is 2. The average molecular weight is 330 g/mol. The number of hydrazone groups is 1. The number of nitrogens with zero attached hydrogens (tertiary/aromatic N) is 2. The first-order valence-corrected chi connectivity index (χ1v) is 7.58. The van der Waals surface area contributed by atoms with Gasteiger partial charge in [0, 0.05) is 13.5 Å². The molecule has 0 saturated carbocycles. The van der Waals surface area contributed by atoms with Crippen LogP contribution in [-0.4, -0.2) is 27.0 Å². The van der Waals surface area contributed by atoms with Gasteiger partial charge in [-0.25, -0.2) is 4.79 Å². The molecule has 1 atom stereocenters. The molecule has 1 aromatic heterocycles. The van der Waals surface area contributed by atoms with Crippen molar-refractivity contribution in [3.8, 4) is 11.6 Å². The van der Waals surface area contributed by atoms with Gasteiger partial charge in [0.15, 0.2) is 0 Å². The number of hydrogen-bond acceptors (Lipinski definition) is 6. The molecule has 24 heavy (non-hydrogen) atoms. The minimum Gasteiger partial charge on any atom is -0.494 e. The molecule has 1 aromatic carbocycles. The maximum absolute atomic E-state index is 12.0. The number of rotatable bonds is 4. The molecular formula is C16H18N4O4. The molecule has 2 heterocycles. The van der Waals surface area contributed by atoms with Crippen LogP contribution >= 0.6 is 0 Å². The summed E-state index contributed by atoms with van der Waals surface area (Å²) in [5.41, 5.74) is 3.04. The summed E-state index contributed by atoms with van der Waals surface area (Å²) in [4.78, 5) is 25.7. The monoisotopic (exact) mass is 330 g/mol. The quantitative estimate of drug-likeness (QED) is 0.761. The summed E-state index contributed by atoms with van der Waals surface area (Å²) in [6, 6.07) is 7.47. The standard InChI is InChI=1S/C16H18N4O4/c1-3-24-10-6-4-9(5-7-10)11-8-12(19-18-11)13-14(21)17-16(23)20(2)15(13)22/h4-7,11,18,22H,3,8H2,1-2H3,(H,17,21,23). The van der Waals surface area contributed by atoms with Crippen LogP contribution in [0.25, 0.3) is 0 Å². The second-order valence-electron chi connectivity index (χ2n) is 5.46. The number of aromatic amines is 1. The van der Waals surface area contributed by atoms with Gasteiger partial charge in [-0.2, -0.15) is 5.10 Å². The third-order valence-electron chi connectivity index (χ3n) is 3.93. The second-order valence-corrected chi connectivity index (χ2v) is 5.46. The van der Waals surface area contributed by atoms with Crippen LogP contribution < -0.4 is 21.4 Å². The molecule has 3 N–H and O–H groups in total. The van der Waals surface area contributed by atoms with Crippen molar-refractivity contribution in [3.63, 3.8) is 0 Å². The smallest absolute Gasteiger partial charge is 0.330 e. The van der Waals surface area contributed by atoms with Gasteiger partial charge in [0.05, 0.1) is 18.4 Å². The van der Waals surface area contributed by atoms with Crippen molar-refractivity contribution in [3.05, 3.63) is 56.2 Å². The van der Waals surface area contributed by atoms with E-state index in [0.29, 0.717) is 18.7 Å². The number of benzene rings is 1. The Kier molecular flexibility index (Phi) is 4.11. The number of nitrogens with one attached hydrogen (secondary N) is 2. The van der Waals surface area contributed by atoms with E-state index in [2.05, 4.69) is 15.5 Å². The lowest BCUT2D eigenvalue weighted by Gasteiger charge is -2.11. The fourth-order valence-electron chi connectivity index (χ4n) is 2.62. The van der Waals surface area contributed by atoms with Crippen LogP contribution in [-0.2, 0) is 7.05 Å². The van der Waals surface area contributed by atoms with Crippen molar-refractivity contribution in [2.75, 3.05) is 6.61 Å². The van der Waals surface area contributed by atoms with E-state index in [1.54, 1.807) is 0 Å². The van der Waals surface area contributed by atoms with E-state index in [0.717, 1.165) is 15.9 Å². The summed E-state index contributed by atoms with van der Waals surface area (Å²) in [5.74, 6) is 0.393. The van der Waals surface area contributed by atoms with Crippen molar-refractivity contribution in [2.24, 2.45) is 12.1 Å². The fourth-order valence-corrected chi connectivity index (χ4v) is 2.62. The summed E-state index contributed by atoms with van der Waals surface area (Å²) in [6.45, 7) is 2.52. The molecular weight excluding hydrogens is 312 g/mol. The van der Waals surface area contributed by atoms with E-state index in [1.807, 2.05) is 31.2 Å². The van der Waals surface area contributed by atoms with Crippen molar-refractivity contribution in [1.29, 1.82) is 0 Å². The number of H-pyrrole nitrogens is 1. The predicted octanol–water partition coefficient (Wildman–Crippen LogP) is 0.617. The lowest BCUT2D eigenvalue weighted by Crippen LogP contribution is -2.32. The largest absolute Gasteiger partial charge is 0.494 e. The van der Waals surface area contributed by atoms with Crippen LogP contribution in [0, 0.1) is 0 Å². The Morgan fingerprint density at radius 2 is 2.04 bits per heavy atom. The van der Waals surface area contributed by atoms with Gasteiger partial charge >= 0.3 is 5.69 Å². The minimum atomic E-state index is -0.670. The first-order valence-electron chi connectivity index (χ1n) is 7.58. The highest BCUT2D eigenvalue weighted by Crippen LogP contribution is 2.27. The maximum Gasteiger partial charge on any atom is 0.330 e. The van der Waals surface area contributed by atoms with Crippen molar-refractivity contribution in [2.45, 2.75) is 19.4 Å². The van der Waals surface area contributed by atoms with E-state index >= 15 is 0 Å². The predicted molar refractivity (Wildman–Crippen MR) is 88.6 cm³/mol. The van der Waals surface area contributed by atoms with Crippen LogP contribution in [0.5, 0.6) is 11.6 Å². The number of aromatic hydroxyl groups is 1. The zero-order chi connectivity index (χ0) is 17.3. The molecule has 8 nitrogen and oxygen atoms in total. The van der Waals surface area contributed by atoms with Crippen LogP contribution in [0.2, 0.25) is 0 Å². The van der Waals surface area contributed by atoms with Crippen LogP contribution in [0.3, 0.4) is 0 Å². The Bertz CT molecular complexity index is 896. The molecule has 126 valence electrons. The minimum absolute atomic E-state index is 0.0121. The Labute approximate surface area is 137 Å². The third kappa shape index (κ3) is 2.78. The first kappa shape index (κ1) is 15.9. The van der Waals surface area contributed by atoms with Crippen LogP contribution in [0.15, 0.2) is 39.0 Å². The molecule has 0 radical (unpaired) electrons. The van der Waals surface area contributed by atoms with Crippen molar-refractivity contribution < 1.29 is 9.84 Å². The van der Waals surface area contributed by atoms with Gasteiger partial charge in [-0.05, 0) is 24.6 Å². The Balaban J connectivity index is 1.84. The average Bonchev–Trinajstić information content (AvgIpc) is 3.03. The zero-order valence-corrected chi connectivity index (χ0v) is 13.4. The summed E-state index contributed by atoms with van der Waals surface area (Å²) in [7, 11) is 1.38. The highest BCUT2D eigenvalue weighted by atomic mass is 16.5. The maximum atomic E-state index is 12.0.